The fraction of sp³-hybridized carbons (Fsp3) is 0.267. The van der Waals surface area contributed by atoms with E-state index in [2.05, 4.69) is 22.9 Å². The summed E-state index contributed by atoms with van der Waals surface area (Å²) in [5.41, 5.74) is 1.94. The molecule has 0 saturated carbocycles. The third-order valence-corrected chi connectivity index (χ3v) is 2.79. The zero-order valence-corrected chi connectivity index (χ0v) is 10.6. The van der Waals surface area contributed by atoms with Gasteiger partial charge < -0.3 is 10.1 Å². The Morgan fingerprint density at radius 2 is 2.22 bits per heavy atom. The molecular formula is C15H18N2O. The number of hydrogen-bond acceptors (Lipinski definition) is 3. The first-order valence-electron chi connectivity index (χ1n) is 6.09. The number of ether oxygens (including phenoxy) is 1. The summed E-state index contributed by atoms with van der Waals surface area (Å²) in [4.78, 5) is 4.63. The monoisotopic (exact) mass is 242 g/mol. The van der Waals surface area contributed by atoms with E-state index in [-0.39, 0.29) is 0 Å². The summed E-state index contributed by atoms with van der Waals surface area (Å²) < 4.78 is 5.33. The third-order valence-electron chi connectivity index (χ3n) is 2.79. The molecule has 0 amide bonds. The predicted molar refractivity (Wildman–Crippen MR) is 74.8 cm³/mol. The highest BCUT2D eigenvalue weighted by atomic mass is 16.5. The molecule has 3 heteroatoms. The SMILES string of the molecule is C=CCCNCc1ccc2cccc(OC)c2n1. The summed E-state index contributed by atoms with van der Waals surface area (Å²) in [7, 11) is 1.67. The quantitative estimate of drug-likeness (QED) is 0.624. The minimum atomic E-state index is 0.766. The van der Waals surface area contributed by atoms with E-state index in [1.54, 1.807) is 7.11 Å². The molecule has 0 atom stereocenters. The van der Waals surface area contributed by atoms with Gasteiger partial charge in [-0.2, -0.15) is 0 Å². The molecule has 18 heavy (non-hydrogen) atoms. The van der Waals surface area contributed by atoms with Crippen LogP contribution in [0.15, 0.2) is 43.0 Å². The summed E-state index contributed by atoms with van der Waals surface area (Å²) in [5, 5.41) is 4.43. The van der Waals surface area contributed by atoms with Gasteiger partial charge in [-0.25, -0.2) is 4.98 Å². The highest BCUT2D eigenvalue weighted by Crippen LogP contribution is 2.23. The van der Waals surface area contributed by atoms with Crippen molar-refractivity contribution < 1.29 is 4.74 Å². The van der Waals surface area contributed by atoms with E-state index in [0.29, 0.717) is 0 Å². The van der Waals surface area contributed by atoms with Crippen molar-refractivity contribution in [2.45, 2.75) is 13.0 Å². The first-order chi connectivity index (χ1) is 8.85. The molecule has 1 aromatic carbocycles. The summed E-state index contributed by atoms with van der Waals surface area (Å²) in [6.45, 7) is 5.39. The average Bonchev–Trinajstić information content (AvgIpc) is 2.43. The van der Waals surface area contributed by atoms with Crippen molar-refractivity contribution in [2.24, 2.45) is 0 Å². The number of pyridine rings is 1. The lowest BCUT2D eigenvalue weighted by Gasteiger charge is -2.07. The first kappa shape index (κ1) is 12.6. The number of para-hydroxylation sites is 1. The van der Waals surface area contributed by atoms with E-state index in [0.717, 1.165) is 41.9 Å². The van der Waals surface area contributed by atoms with Crippen molar-refractivity contribution in [2.75, 3.05) is 13.7 Å². The topological polar surface area (TPSA) is 34.1 Å². The Morgan fingerprint density at radius 1 is 1.33 bits per heavy atom. The maximum atomic E-state index is 5.33. The number of methoxy groups -OCH3 is 1. The second-order valence-corrected chi connectivity index (χ2v) is 4.09. The number of rotatable bonds is 6. The van der Waals surface area contributed by atoms with Crippen molar-refractivity contribution >= 4 is 10.9 Å². The van der Waals surface area contributed by atoms with Crippen LogP contribution in [0.25, 0.3) is 10.9 Å². The molecule has 1 aromatic heterocycles. The number of hydrogen-bond donors (Lipinski definition) is 1. The van der Waals surface area contributed by atoms with Gasteiger partial charge in [0.1, 0.15) is 11.3 Å². The maximum Gasteiger partial charge on any atom is 0.145 e. The normalized spacial score (nSPS) is 10.5. The Balaban J connectivity index is 2.17. The second-order valence-electron chi connectivity index (χ2n) is 4.09. The number of nitrogens with zero attached hydrogens (tertiary/aromatic N) is 1. The maximum absolute atomic E-state index is 5.33. The lowest BCUT2D eigenvalue weighted by Crippen LogP contribution is -2.14. The molecule has 2 aromatic rings. The molecule has 2 rings (SSSR count). The highest BCUT2D eigenvalue weighted by Gasteiger charge is 2.03. The molecule has 0 fully saturated rings. The number of nitrogens with one attached hydrogen (secondary N) is 1. The lowest BCUT2D eigenvalue weighted by atomic mass is 10.2. The standard InChI is InChI=1S/C15H18N2O/c1-3-4-10-16-11-13-9-8-12-6-5-7-14(18-2)15(12)17-13/h3,5-9,16H,1,4,10-11H2,2H3. The van der Waals surface area contributed by atoms with Crippen LogP contribution in [0.3, 0.4) is 0 Å². The summed E-state index contributed by atoms with van der Waals surface area (Å²) in [5.74, 6) is 0.820. The zero-order chi connectivity index (χ0) is 12.8. The molecule has 1 heterocycles. The smallest absolute Gasteiger partial charge is 0.145 e. The van der Waals surface area contributed by atoms with Crippen LogP contribution in [-0.4, -0.2) is 18.6 Å². The average molecular weight is 242 g/mol. The Labute approximate surface area is 107 Å². The summed E-state index contributed by atoms with van der Waals surface area (Å²) >= 11 is 0. The number of fused-ring (bicyclic) bond motifs is 1. The van der Waals surface area contributed by atoms with Gasteiger partial charge in [-0.15, -0.1) is 6.58 Å². The number of aromatic nitrogens is 1. The lowest BCUT2D eigenvalue weighted by molar-refractivity contribution is 0.418. The molecule has 0 spiro atoms. The molecule has 0 saturated heterocycles. The van der Waals surface area contributed by atoms with E-state index < -0.39 is 0 Å². The van der Waals surface area contributed by atoms with E-state index in [9.17, 15) is 0 Å². The van der Waals surface area contributed by atoms with Crippen LogP contribution in [0.1, 0.15) is 12.1 Å². The highest BCUT2D eigenvalue weighted by molar-refractivity contribution is 5.84. The van der Waals surface area contributed by atoms with Gasteiger partial charge in [-0.1, -0.05) is 24.3 Å². The molecule has 94 valence electrons. The van der Waals surface area contributed by atoms with Gasteiger partial charge >= 0.3 is 0 Å². The molecule has 0 bridgehead atoms. The van der Waals surface area contributed by atoms with Crippen LogP contribution in [0.4, 0.5) is 0 Å². The van der Waals surface area contributed by atoms with E-state index in [4.69, 9.17) is 4.74 Å². The third kappa shape index (κ3) is 2.87. The fourth-order valence-electron chi connectivity index (χ4n) is 1.84. The minimum absolute atomic E-state index is 0.766. The van der Waals surface area contributed by atoms with Gasteiger partial charge in [0.05, 0.1) is 12.8 Å². The summed E-state index contributed by atoms with van der Waals surface area (Å²) in [6, 6.07) is 10.1. The first-order valence-corrected chi connectivity index (χ1v) is 6.09. The Bertz CT molecular complexity index is 537. The molecule has 0 unspecified atom stereocenters. The van der Waals surface area contributed by atoms with Crippen molar-refractivity contribution in [1.29, 1.82) is 0 Å². The van der Waals surface area contributed by atoms with Gasteiger partial charge in [0.25, 0.3) is 0 Å². The van der Waals surface area contributed by atoms with Crippen LogP contribution in [0.2, 0.25) is 0 Å². The largest absolute Gasteiger partial charge is 0.494 e. The van der Waals surface area contributed by atoms with Crippen LogP contribution in [0, 0.1) is 0 Å². The van der Waals surface area contributed by atoms with Gasteiger partial charge in [-0.05, 0) is 25.1 Å². The van der Waals surface area contributed by atoms with Crippen LogP contribution >= 0.6 is 0 Å². The molecule has 0 radical (unpaired) electrons. The van der Waals surface area contributed by atoms with E-state index in [1.165, 1.54) is 0 Å². The van der Waals surface area contributed by atoms with Crippen LogP contribution < -0.4 is 10.1 Å². The molecule has 1 N–H and O–H groups in total. The zero-order valence-electron chi connectivity index (χ0n) is 10.6. The Kier molecular flexibility index (Phi) is 4.31. The van der Waals surface area contributed by atoms with E-state index >= 15 is 0 Å². The van der Waals surface area contributed by atoms with Gasteiger partial charge in [0.2, 0.25) is 0 Å². The van der Waals surface area contributed by atoms with Gasteiger partial charge in [0.15, 0.2) is 0 Å². The van der Waals surface area contributed by atoms with Crippen LogP contribution in [0.5, 0.6) is 5.75 Å². The van der Waals surface area contributed by atoms with Crippen molar-refractivity contribution in [3.8, 4) is 5.75 Å². The van der Waals surface area contributed by atoms with Crippen molar-refractivity contribution in [3.05, 3.63) is 48.7 Å². The molecule has 0 aliphatic rings. The summed E-state index contributed by atoms with van der Waals surface area (Å²) in [6.07, 6.45) is 2.88. The van der Waals surface area contributed by atoms with Crippen LogP contribution in [-0.2, 0) is 6.54 Å². The molecule has 0 aliphatic carbocycles. The van der Waals surface area contributed by atoms with Gasteiger partial charge in [-0.3, -0.25) is 0 Å². The predicted octanol–water partition coefficient (Wildman–Crippen LogP) is 2.91. The van der Waals surface area contributed by atoms with Crippen molar-refractivity contribution in [1.82, 2.24) is 10.3 Å². The molecule has 3 nitrogen and oxygen atoms in total. The number of benzene rings is 1. The minimum Gasteiger partial charge on any atom is -0.494 e. The fourth-order valence-corrected chi connectivity index (χ4v) is 1.84. The van der Waals surface area contributed by atoms with Crippen molar-refractivity contribution in [3.63, 3.8) is 0 Å². The second kappa shape index (κ2) is 6.17. The molecular weight excluding hydrogens is 224 g/mol. The van der Waals surface area contributed by atoms with E-state index in [1.807, 2.05) is 30.3 Å². The molecule has 0 aliphatic heterocycles. The Morgan fingerprint density at radius 3 is 3.00 bits per heavy atom. The Hall–Kier alpha value is -1.87. The van der Waals surface area contributed by atoms with Gasteiger partial charge in [0, 0.05) is 11.9 Å².